The van der Waals surface area contributed by atoms with Gasteiger partial charge in [-0.2, -0.15) is 0 Å². The van der Waals surface area contributed by atoms with Crippen LogP contribution in [0.5, 0.6) is 0 Å². The number of allylic oxidation sites excluding steroid dienone is 1. The zero-order valence-electron chi connectivity index (χ0n) is 24.4. The molecule has 6 aromatic carbocycles. The summed E-state index contributed by atoms with van der Waals surface area (Å²) in [7, 11) is 0. The summed E-state index contributed by atoms with van der Waals surface area (Å²) in [5, 5.41) is 52.1. The smallest absolute Gasteiger partial charge is 0.325 e. The van der Waals surface area contributed by atoms with Crippen molar-refractivity contribution in [1.82, 2.24) is 0 Å². The molecule has 7 aliphatic rings. The molecule has 0 bridgehead atoms. The predicted molar refractivity (Wildman–Crippen MR) is 170 cm³/mol. The van der Waals surface area contributed by atoms with Crippen LogP contribution in [0.25, 0.3) is 71.1 Å². The third-order valence-electron chi connectivity index (χ3n) is 13.7. The Morgan fingerprint density at radius 3 is 2.04 bits per heavy atom. The average molecular weight is 615 g/mol. The van der Waals surface area contributed by atoms with E-state index < -0.39 is 45.5 Å². The summed E-state index contributed by atoms with van der Waals surface area (Å²) < 4.78 is 0. The second kappa shape index (κ2) is 5.93. The maximum atomic E-state index is 13.9. The molecule has 2 spiro atoms. The SMILES string of the molecule is CC(C(=O)O)(C(=O)O)c1cc2cc3c4c5c2c2c1cc1c6c7c(cc8ccc9c%10c8c7c(c-5c62)C%102C(C(=O)O)(C(=O)O)C42C(=C9)C3)C1. The Hall–Kier alpha value is -5.76. The van der Waals surface area contributed by atoms with Crippen molar-refractivity contribution in [2.45, 2.75) is 36.0 Å². The first-order valence-corrected chi connectivity index (χ1v) is 15.7. The summed E-state index contributed by atoms with van der Waals surface area (Å²) in [5.41, 5.74) is 1.75. The van der Waals surface area contributed by atoms with Crippen LogP contribution in [0.1, 0.15) is 51.4 Å². The minimum atomic E-state index is -2.23. The Labute approximate surface area is 262 Å². The first-order valence-electron chi connectivity index (χ1n) is 15.7. The quantitative estimate of drug-likeness (QED) is 0.142. The Bertz CT molecular complexity index is 2970. The van der Waals surface area contributed by atoms with Crippen molar-refractivity contribution >= 4 is 83.8 Å². The van der Waals surface area contributed by atoms with Crippen molar-refractivity contribution in [1.29, 1.82) is 0 Å². The highest BCUT2D eigenvalue weighted by Gasteiger charge is 3.01. The van der Waals surface area contributed by atoms with Gasteiger partial charge in [0.2, 0.25) is 0 Å². The van der Waals surface area contributed by atoms with Crippen LogP contribution in [0.3, 0.4) is 0 Å². The van der Waals surface area contributed by atoms with Gasteiger partial charge in [-0.25, -0.2) is 0 Å². The van der Waals surface area contributed by atoms with Crippen LogP contribution in [-0.4, -0.2) is 44.3 Å². The molecule has 0 aliphatic heterocycles. The normalized spacial score (nSPS) is 24.0. The first-order chi connectivity index (χ1) is 22.5. The minimum absolute atomic E-state index is 0.206. The number of benzene rings is 6. The molecule has 6 aromatic rings. The summed E-state index contributed by atoms with van der Waals surface area (Å²) in [6.07, 6.45) is 2.93. The van der Waals surface area contributed by atoms with Crippen LogP contribution in [-0.2, 0) is 48.3 Å². The molecule has 2 atom stereocenters. The number of rotatable bonds is 5. The lowest BCUT2D eigenvalue weighted by Gasteiger charge is -2.33. The van der Waals surface area contributed by atoms with Crippen LogP contribution in [0, 0.1) is 5.41 Å². The number of hydrogen-bond donors (Lipinski definition) is 4. The van der Waals surface area contributed by atoms with Gasteiger partial charge in [-0.1, -0.05) is 35.9 Å². The lowest BCUT2D eigenvalue weighted by molar-refractivity contribution is -0.159. The van der Waals surface area contributed by atoms with Crippen molar-refractivity contribution in [3.05, 3.63) is 86.5 Å². The Morgan fingerprint density at radius 2 is 1.32 bits per heavy atom. The van der Waals surface area contributed by atoms with Crippen molar-refractivity contribution < 1.29 is 39.6 Å². The fraction of sp³-hybridized carbons (Fsp3) is 0.179. The third-order valence-corrected chi connectivity index (χ3v) is 13.7. The maximum absolute atomic E-state index is 13.9. The van der Waals surface area contributed by atoms with Gasteiger partial charge in [-0.05, 0) is 141 Å². The molecule has 8 heteroatoms. The van der Waals surface area contributed by atoms with Gasteiger partial charge in [0.15, 0.2) is 10.8 Å². The monoisotopic (exact) mass is 614 g/mol. The van der Waals surface area contributed by atoms with Crippen molar-refractivity contribution in [2.24, 2.45) is 5.41 Å². The highest BCUT2D eigenvalue weighted by atomic mass is 16.4. The molecule has 13 rings (SSSR count). The molecule has 0 radical (unpaired) electrons. The number of hydrogen-bond acceptors (Lipinski definition) is 4. The van der Waals surface area contributed by atoms with Crippen LogP contribution >= 0.6 is 0 Å². The van der Waals surface area contributed by atoms with Crippen molar-refractivity contribution in [3.8, 4) is 11.1 Å². The molecule has 222 valence electrons. The molecule has 0 saturated heterocycles. The molecule has 1 saturated carbocycles. The van der Waals surface area contributed by atoms with E-state index >= 15 is 0 Å². The molecule has 7 aliphatic carbocycles. The molecule has 1 fully saturated rings. The lowest BCUT2D eigenvalue weighted by Crippen LogP contribution is -2.41. The molecule has 0 amide bonds. The van der Waals surface area contributed by atoms with Gasteiger partial charge in [-0.3, -0.25) is 19.2 Å². The van der Waals surface area contributed by atoms with Gasteiger partial charge in [-0.15, -0.1) is 0 Å². The summed E-state index contributed by atoms with van der Waals surface area (Å²) >= 11 is 0. The molecule has 4 N–H and O–H groups in total. The van der Waals surface area contributed by atoms with E-state index in [1.807, 2.05) is 24.3 Å². The third kappa shape index (κ3) is 1.63. The Morgan fingerprint density at radius 1 is 0.638 bits per heavy atom. The Kier molecular flexibility index (Phi) is 2.97. The van der Waals surface area contributed by atoms with Gasteiger partial charge >= 0.3 is 23.9 Å². The number of carbonyl (C=O) groups is 4. The van der Waals surface area contributed by atoms with Gasteiger partial charge in [0.05, 0.1) is 10.8 Å². The summed E-state index contributed by atoms with van der Waals surface area (Å²) in [4.78, 5) is 53.4. The van der Waals surface area contributed by atoms with Crippen LogP contribution in [0.4, 0.5) is 0 Å². The first kappa shape index (κ1) is 23.6. The predicted octanol–water partition coefficient (Wildman–Crippen LogP) is 5.74. The number of aliphatic carboxylic acids is 4. The van der Waals surface area contributed by atoms with Gasteiger partial charge in [0.25, 0.3) is 0 Å². The highest BCUT2D eigenvalue weighted by Crippen LogP contribution is 2.93. The lowest BCUT2D eigenvalue weighted by atomic mass is 9.67. The number of carboxylic acid groups (broad SMARTS) is 4. The molecule has 2 unspecified atom stereocenters. The molecular formula is C39H18O8. The van der Waals surface area contributed by atoms with Crippen LogP contribution in [0.2, 0.25) is 0 Å². The van der Waals surface area contributed by atoms with E-state index in [0.29, 0.717) is 23.6 Å². The minimum Gasteiger partial charge on any atom is -0.480 e. The zero-order valence-corrected chi connectivity index (χ0v) is 24.4. The van der Waals surface area contributed by atoms with E-state index in [1.54, 1.807) is 6.07 Å². The summed E-state index contributed by atoms with van der Waals surface area (Å²) in [5.74, 6) is -5.59. The summed E-state index contributed by atoms with van der Waals surface area (Å²) in [6.45, 7) is 1.24. The second-order valence-corrected chi connectivity index (χ2v) is 14.8. The highest BCUT2D eigenvalue weighted by molar-refractivity contribution is 6.45. The van der Waals surface area contributed by atoms with E-state index in [0.717, 1.165) is 98.7 Å². The average Bonchev–Trinajstić information content (AvgIpc) is 3.40. The molecule has 0 aromatic heterocycles. The second-order valence-electron chi connectivity index (χ2n) is 14.8. The molecule has 0 heterocycles. The molecule has 8 nitrogen and oxygen atoms in total. The topological polar surface area (TPSA) is 149 Å². The van der Waals surface area contributed by atoms with E-state index in [4.69, 9.17) is 0 Å². The Balaban J connectivity index is 1.41. The van der Waals surface area contributed by atoms with E-state index in [9.17, 15) is 39.6 Å². The fourth-order valence-electron chi connectivity index (χ4n) is 12.5. The van der Waals surface area contributed by atoms with Crippen LogP contribution in [0.15, 0.2) is 42.0 Å². The molecular weight excluding hydrogens is 596 g/mol. The summed E-state index contributed by atoms with van der Waals surface area (Å²) in [6, 6.07) is 11.9. The van der Waals surface area contributed by atoms with E-state index in [-0.39, 0.29) is 5.56 Å². The van der Waals surface area contributed by atoms with E-state index in [1.165, 1.54) is 6.92 Å². The fourth-order valence-corrected chi connectivity index (χ4v) is 12.5. The number of carboxylic acids is 4. The van der Waals surface area contributed by atoms with Crippen LogP contribution < -0.4 is 0 Å². The van der Waals surface area contributed by atoms with Crippen molar-refractivity contribution in [3.63, 3.8) is 0 Å². The largest absolute Gasteiger partial charge is 0.480 e. The zero-order chi connectivity index (χ0) is 31.8. The molecule has 47 heavy (non-hydrogen) atoms. The standard InChI is InChI=1S/C39H18O8/c1-36(32(40)41,33(42)43)19-10-15-6-16-8-17-7-12-3-2-11-4-13-5-14-9-18(19)24-22(15)27-28-25(24)20(14)21(13)26-23(11)29(12)38(31(26)28)37(17,30(16)27)39(38,34(44)45)35(46)47/h2-4,6-7,9-10H,5,8H2,1H3,(H,40,41)(H,42,43)(H,44,45)(H,46,47). The van der Waals surface area contributed by atoms with Gasteiger partial charge in [0.1, 0.15) is 0 Å². The van der Waals surface area contributed by atoms with Crippen molar-refractivity contribution in [2.75, 3.05) is 0 Å². The van der Waals surface area contributed by atoms with Gasteiger partial charge < -0.3 is 20.4 Å². The maximum Gasteiger partial charge on any atom is 0.325 e. The van der Waals surface area contributed by atoms with Gasteiger partial charge in [0, 0.05) is 0 Å². The van der Waals surface area contributed by atoms with E-state index in [2.05, 4.69) is 12.1 Å².